The molecule has 0 fully saturated rings. The van der Waals surface area contributed by atoms with Crippen LogP contribution in [0.2, 0.25) is 0 Å². The molecule has 1 N–H and O–H groups in total. The maximum absolute atomic E-state index is 5.83. The lowest BCUT2D eigenvalue weighted by Crippen LogP contribution is -2.22. The van der Waals surface area contributed by atoms with E-state index < -0.39 is 0 Å². The summed E-state index contributed by atoms with van der Waals surface area (Å²) in [5.74, 6) is 2.75. The van der Waals surface area contributed by atoms with Gasteiger partial charge in [-0.05, 0) is 31.5 Å². The first-order chi connectivity index (χ1) is 9.67. The zero-order valence-electron chi connectivity index (χ0n) is 13.2. The van der Waals surface area contributed by atoms with E-state index in [1.807, 2.05) is 0 Å². The smallest absolute Gasteiger partial charge is 0.123 e. The summed E-state index contributed by atoms with van der Waals surface area (Å²) in [5.41, 5.74) is 2.45. The Morgan fingerprint density at radius 1 is 1.35 bits per heavy atom. The quantitative estimate of drug-likeness (QED) is 0.827. The zero-order chi connectivity index (χ0) is 14.5. The molecular weight excluding hydrogens is 250 g/mol. The SMILES string of the molecule is CCC(CC)CNCc1cc2c(cc1OC)CC(C)O2. The number of fused-ring (bicyclic) bond motifs is 1. The molecule has 20 heavy (non-hydrogen) atoms. The molecule has 0 aromatic heterocycles. The standard InChI is InChI=1S/C17H27NO2/c1-5-13(6-2)10-18-11-15-9-17-14(7-12(3)20-17)8-16(15)19-4/h8-9,12-13,18H,5-7,10-11H2,1-4H3. The van der Waals surface area contributed by atoms with Crippen molar-refractivity contribution in [2.24, 2.45) is 5.92 Å². The normalized spacial score (nSPS) is 17.1. The van der Waals surface area contributed by atoms with Crippen LogP contribution in [0.25, 0.3) is 0 Å². The van der Waals surface area contributed by atoms with Crippen molar-refractivity contribution in [1.29, 1.82) is 0 Å². The van der Waals surface area contributed by atoms with Crippen LogP contribution in [0.15, 0.2) is 12.1 Å². The van der Waals surface area contributed by atoms with E-state index in [1.165, 1.54) is 24.0 Å². The zero-order valence-corrected chi connectivity index (χ0v) is 13.2. The van der Waals surface area contributed by atoms with E-state index in [2.05, 4.69) is 38.2 Å². The Labute approximate surface area is 122 Å². The van der Waals surface area contributed by atoms with Crippen LogP contribution in [0, 0.1) is 5.92 Å². The van der Waals surface area contributed by atoms with E-state index in [9.17, 15) is 0 Å². The Morgan fingerprint density at radius 2 is 2.10 bits per heavy atom. The summed E-state index contributed by atoms with van der Waals surface area (Å²) in [6.07, 6.45) is 3.71. The maximum Gasteiger partial charge on any atom is 0.123 e. The Kier molecular flexibility index (Phi) is 5.30. The average Bonchev–Trinajstić information content (AvgIpc) is 2.81. The fourth-order valence-corrected chi connectivity index (χ4v) is 2.80. The minimum absolute atomic E-state index is 0.280. The minimum atomic E-state index is 0.280. The summed E-state index contributed by atoms with van der Waals surface area (Å²) in [6, 6.07) is 4.27. The van der Waals surface area contributed by atoms with Gasteiger partial charge in [-0.25, -0.2) is 0 Å². The van der Waals surface area contributed by atoms with E-state index in [1.54, 1.807) is 7.11 Å². The van der Waals surface area contributed by atoms with Crippen LogP contribution in [-0.4, -0.2) is 19.8 Å². The predicted octanol–water partition coefficient (Wildman–Crippen LogP) is 3.54. The van der Waals surface area contributed by atoms with Gasteiger partial charge >= 0.3 is 0 Å². The lowest BCUT2D eigenvalue weighted by molar-refractivity contribution is 0.254. The van der Waals surface area contributed by atoms with Gasteiger partial charge in [0.2, 0.25) is 0 Å². The molecule has 0 spiro atoms. The predicted molar refractivity (Wildman–Crippen MR) is 82.6 cm³/mol. The van der Waals surface area contributed by atoms with Crippen LogP contribution in [0.4, 0.5) is 0 Å². The number of hydrogen-bond acceptors (Lipinski definition) is 3. The van der Waals surface area contributed by atoms with E-state index in [-0.39, 0.29) is 6.10 Å². The summed E-state index contributed by atoms with van der Waals surface area (Å²) in [4.78, 5) is 0. The Hall–Kier alpha value is -1.22. The molecule has 0 aliphatic carbocycles. The van der Waals surface area contributed by atoms with Gasteiger partial charge in [-0.3, -0.25) is 0 Å². The van der Waals surface area contributed by atoms with E-state index in [0.29, 0.717) is 0 Å². The van der Waals surface area contributed by atoms with Crippen molar-refractivity contribution in [3.05, 3.63) is 23.3 Å². The minimum Gasteiger partial charge on any atom is -0.496 e. The highest BCUT2D eigenvalue weighted by Gasteiger charge is 2.21. The number of rotatable bonds is 7. The van der Waals surface area contributed by atoms with Crippen LogP contribution in [0.5, 0.6) is 11.5 Å². The highest BCUT2D eigenvalue weighted by molar-refractivity contribution is 5.48. The van der Waals surface area contributed by atoms with Crippen molar-refractivity contribution < 1.29 is 9.47 Å². The number of hydrogen-bond donors (Lipinski definition) is 1. The molecule has 1 aliphatic rings. The molecule has 3 heteroatoms. The molecule has 1 aromatic rings. The van der Waals surface area contributed by atoms with Gasteiger partial charge in [0.15, 0.2) is 0 Å². The Balaban J connectivity index is 2.02. The molecule has 112 valence electrons. The monoisotopic (exact) mass is 277 g/mol. The lowest BCUT2D eigenvalue weighted by atomic mass is 10.0. The molecule has 1 aliphatic heterocycles. The molecule has 1 atom stereocenters. The maximum atomic E-state index is 5.83. The molecule has 0 saturated carbocycles. The van der Waals surface area contributed by atoms with Crippen LogP contribution in [-0.2, 0) is 13.0 Å². The first-order valence-corrected chi connectivity index (χ1v) is 7.75. The van der Waals surface area contributed by atoms with Crippen molar-refractivity contribution >= 4 is 0 Å². The number of methoxy groups -OCH3 is 1. The van der Waals surface area contributed by atoms with Gasteiger partial charge in [0.05, 0.1) is 7.11 Å². The largest absolute Gasteiger partial charge is 0.496 e. The topological polar surface area (TPSA) is 30.5 Å². The van der Waals surface area contributed by atoms with Crippen molar-refractivity contribution in [1.82, 2.24) is 5.32 Å². The molecule has 2 rings (SSSR count). The van der Waals surface area contributed by atoms with Gasteiger partial charge in [-0.1, -0.05) is 26.7 Å². The highest BCUT2D eigenvalue weighted by atomic mass is 16.5. The summed E-state index contributed by atoms with van der Waals surface area (Å²) >= 11 is 0. The first kappa shape index (κ1) is 15.2. The van der Waals surface area contributed by atoms with E-state index in [0.717, 1.165) is 36.9 Å². The van der Waals surface area contributed by atoms with Gasteiger partial charge in [-0.2, -0.15) is 0 Å². The highest BCUT2D eigenvalue weighted by Crippen LogP contribution is 2.34. The number of benzene rings is 1. The van der Waals surface area contributed by atoms with Crippen molar-refractivity contribution in [2.45, 2.75) is 52.7 Å². The van der Waals surface area contributed by atoms with Gasteiger partial charge in [0, 0.05) is 24.1 Å². The average molecular weight is 277 g/mol. The fourth-order valence-electron chi connectivity index (χ4n) is 2.80. The molecule has 0 amide bonds. The second-order valence-corrected chi connectivity index (χ2v) is 5.72. The van der Waals surface area contributed by atoms with Crippen LogP contribution in [0.1, 0.15) is 44.7 Å². The molecule has 0 bridgehead atoms. The first-order valence-electron chi connectivity index (χ1n) is 7.75. The third-order valence-electron chi connectivity index (χ3n) is 4.20. The number of ether oxygens (including phenoxy) is 2. The Bertz CT molecular complexity index is 441. The molecule has 0 saturated heterocycles. The fraction of sp³-hybridized carbons (Fsp3) is 0.647. The van der Waals surface area contributed by atoms with Gasteiger partial charge in [0.25, 0.3) is 0 Å². The van der Waals surface area contributed by atoms with Gasteiger partial charge in [0.1, 0.15) is 17.6 Å². The molecule has 0 radical (unpaired) electrons. The molecule has 1 aromatic carbocycles. The molecule has 1 heterocycles. The second-order valence-electron chi connectivity index (χ2n) is 5.72. The van der Waals surface area contributed by atoms with E-state index in [4.69, 9.17) is 9.47 Å². The molecule has 1 unspecified atom stereocenters. The summed E-state index contributed by atoms with van der Waals surface area (Å²) in [6.45, 7) is 8.51. The summed E-state index contributed by atoms with van der Waals surface area (Å²) < 4.78 is 11.4. The van der Waals surface area contributed by atoms with Crippen LogP contribution < -0.4 is 14.8 Å². The second kappa shape index (κ2) is 6.98. The van der Waals surface area contributed by atoms with Crippen molar-refractivity contribution in [2.75, 3.05) is 13.7 Å². The summed E-state index contributed by atoms with van der Waals surface area (Å²) in [7, 11) is 1.74. The Morgan fingerprint density at radius 3 is 2.75 bits per heavy atom. The summed E-state index contributed by atoms with van der Waals surface area (Å²) in [5, 5.41) is 3.55. The number of nitrogens with one attached hydrogen (secondary N) is 1. The van der Waals surface area contributed by atoms with Crippen LogP contribution >= 0.6 is 0 Å². The third kappa shape index (κ3) is 3.45. The van der Waals surface area contributed by atoms with Crippen LogP contribution in [0.3, 0.4) is 0 Å². The van der Waals surface area contributed by atoms with E-state index >= 15 is 0 Å². The lowest BCUT2D eigenvalue weighted by Gasteiger charge is -2.15. The molecular formula is C17H27NO2. The van der Waals surface area contributed by atoms with Crippen molar-refractivity contribution in [3.63, 3.8) is 0 Å². The third-order valence-corrected chi connectivity index (χ3v) is 4.20. The van der Waals surface area contributed by atoms with Gasteiger partial charge in [-0.15, -0.1) is 0 Å². The van der Waals surface area contributed by atoms with Gasteiger partial charge < -0.3 is 14.8 Å². The van der Waals surface area contributed by atoms with Crippen molar-refractivity contribution in [3.8, 4) is 11.5 Å². The molecule has 3 nitrogen and oxygen atoms in total.